The van der Waals surface area contributed by atoms with Crippen LogP contribution in [0.25, 0.3) is 0 Å². The zero-order valence-electron chi connectivity index (χ0n) is 26.7. The van der Waals surface area contributed by atoms with Crippen LogP contribution in [0.3, 0.4) is 0 Å². The van der Waals surface area contributed by atoms with Crippen LogP contribution in [0.2, 0.25) is 0 Å². The predicted octanol–water partition coefficient (Wildman–Crippen LogP) is 10.9. The smallest absolute Gasteiger partial charge is 0.306 e. The van der Waals surface area contributed by atoms with Crippen LogP contribution in [0.15, 0.2) is 0 Å². The highest BCUT2D eigenvalue weighted by Crippen LogP contribution is 2.15. The third kappa shape index (κ3) is 31.8. The Bertz CT molecular complexity index is 468. The summed E-state index contributed by atoms with van der Waals surface area (Å²) in [4.78, 5) is 11.8. The SMILES string of the molecule is CCCCCCCCCCCCCCCCCCCCCCCCCOCC(CO)OC(=O)CCCCCC. The molecule has 4 heteroatoms. The van der Waals surface area contributed by atoms with Crippen LogP contribution in [0, 0.1) is 0 Å². The van der Waals surface area contributed by atoms with Gasteiger partial charge < -0.3 is 14.6 Å². The van der Waals surface area contributed by atoms with Crippen molar-refractivity contribution in [3.05, 3.63) is 0 Å². The molecular weight excluding hydrogens is 484 g/mol. The Morgan fingerprint density at radius 1 is 0.513 bits per heavy atom. The Hall–Kier alpha value is -0.610. The quantitative estimate of drug-likeness (QED) is 0.0647. The van der Waals surface area contributed by atoms with E-state index in [-0.39, 0.29) is 12.6 Å². The second-order valence-corrected chi connectivity index (χ2v) is 12.0. The molecule has 39 heavy (non-hydrogen) atoms. The molecule has 0 aromatic heterocycles. The summed E-state index contributed by atoms with van der Waals surface area (Å²) < 4.78 is 11.0. The molecule has 0 bridgehead atoms. The molecule has 0 saturated heterocycles. The van der Waals surface area contributed by atoms with Crippen LogP contribution < -0.4 is 0 Å². The first-order valence-corrected chi connectivity index (χ1v) is 17.6. The maximum Gasteiger partial charge on any atom is 0.306 e. The summed E-state index contributed by atoms with van der Waals surface area (Å²) in [6.45, 7) is 5.27. The number of unbranched alkanes of at least 4 members (excludes halogenated alkanes) is 25. The summed E-state index contributed by atoms with van der Waals surface area (Å²) in [5, 5.41) is 9.42. The number of carbonyl (C=O) groups is 1. The molecule has 0 aliphatic rings. The molecule has 1 N–H and O–H groups in total. The highest BCUT2D eigenvalue weighted by molar-refractivity contribution is 5.69. The van der Waals surface area contributed by atoms with E-state index in [9.17, 15) is 9.90 Å². The monoisotopic (exact) mass is 555 g/mol. The van der Waals surface area contributed by atoms with E-state index >= 15 is 0 Å². The third-order valence-corrected chi connectivity index (χ3v) is 7.93. The van der Waals surface area contributed by atoms with Gasteiger partial charge in [0.1, 0.15) is 6.10 Å². The van der Waals surface area contributed by atoms with Gasteiger partial charge in [-0.2, -0.15) is 0 Å². The van der Waals surface area contributed by atoms with Gasteiger partial charge in [-0.1, -0.05) is 174 Å². The molecule has 0 radical (unpaired) electrons. The van der Waals surface area contributed by atoms with Crippen molar-refractivity contribution in [2.24, 2.45) is 0 Å². The van der Waals surface area contributed by atoms with Gasteiger partial charge in [0.05, 0.1) is 13.2 Å². The van der Waals surface area contributed by atoms with Crippen molar-refractivity contribution in [3.63, 3.8) is 0 Å². The number of hydrogen-bond acceptors (Lipinski definition) is 4. The van der Waals surface area contributed by atoms with Gasteiger partial charge in [-0.3, -0.25) is 4.79 Å². The van der Waals surface area contributed by atoms with Gasteiger partial charge >= 0.3 is 5.97 Å². The second-order valence-electron chi connectivity index (χ2n) is 12.0. The molecule has 0 saturated carbocycles. The molecule has 1 unspecified atom stereocenters. The lowest BCUT2D eigenvalue weighted by Gasteiger charge is -2.15. The average Bonchev–Trinajstić information content (AvgIpc) is 2.94. The molecule has 0 aliphatic heterocycles. The Morgan fingerprint density at radius 2 is 0.846 bits per heavy atom. The highest BCUT2D eigenvalue weighted by Gasteiger charge is 2.13. The Labute approximate surface area is 244 Å². The van der Waals surface area contributed by atoms with Gasteiger partial charge in [-0.05, 0) is 12.8 Å². The number of rotatable bonds is 33. The van der Waals surface area contributed by atoms with Gasteiger partial charge in [0, 0.05) is 13.0 Å². The molecule has 1 atom stereocenters. The lowest BCUT2D eigenvalue weighted by Crippen LogP contribution is -2.27. The van der Waals surface area contributed by atoms with Gasteiger partial charge in [0.15, 0.2) is 0 Å². The van der Waals surface area contributed by atoms with Gasteiger partial charge in [0.2, 0.25) is 0 Å². The van der Waals surface area contributed by atoms with E-state index in [1.165, 1.54) is 141 Å². The number of carbonyl (C=O) groups excluding carboxylic acids is 1. The van der Waals surface area contributed by atoms with Gasteiger partial charge in [-0.25, -0.2) is 0 Å². The topological polar surface area (TPSA) is 55.8 Å². The second kappa shape index (κ2) is 33.6. The largest absolute Gasteiger partial charge is 0.457 e. The number of hydrogen-bond donors (Lipinski definition) is 1. The third-order valence-electron chi connectivity index (χ3n) is 7.93. The molecule has 0 aromatic rings. The first-order valence-electron chi connectivity index (χ1n) is 17.6. The van der Waals surface area contributed by atoms with Crippen molar-refractivity contribution in [1.29, 1.82) is 0 Å². The molecule has 0 aliphatic carbocycles. The Morgan fingerprint density at radius 3 is 1.21 bits per heavy atom. The van der Waals surface area contributed by atoms with Crippen LogP contribution in [0.5, 0.6) is 0 Å². The maximum absolute atomic E-state index is 11.8. The Balaban J connectivity index is 3.23. The zero-order valence-corrected chi connectivity index (χ0v) is 26.7. The van der Waals surface area contributed by atoms with Crippen molar-refractivity contribution < 1.29 is 19.4 Å². The highest BCUT2D eigenvalue weighted by atomic mass is 16.6. The fourth-order valence-electron chi connectivity index (χ4n) is 5.27. The molecule has 0 amide bonds. The van der Waals surface area contributed by atoms with E-state index in [2.05, 4.69) is 13.8 Å². The maximum atomic E-state index is 11.8. The van der Waals surface area contributed by atoms with E-state index in [4.69, 9.17) is 9.47 Å². The molecule has 0 fully saturated rings. The number of aliphatic hydroxyl groups is 1. The summed E-state index contributed by atoms with van der Waals surface area (Å²) in [5.41, 5.74) is 0. The number of esters is 1. The minimum atomic E-state index is -0.520. The normalized spacial score (nSPS) is 12.2. The Kier molecular flexibility index (Phi) is 33.1. The van der Waals surface area contributed by atoms with Crippen LogP contribution in [-0.4, -0.2) is 37.0 Å². The molecule has 234 valence electrons. The summed E-state index contributed by atoms with van der Waals surface area (Å²) in [6, 6.07) is 0. The molecule has 0 aromatic carbocycles. The molecule has 0 rings (SSSR count). The van der Waals surface area contributed by atoms with Crippen molar-refractivity contribution in [1.82, 2.24) is 0 Å². The van der Waals surface area contributed by atoms with Gasteiger partial charge in [-0.15, -0.1) is 0 Å². The summed E-state index contributed by atoms with van der Waals surface area (Å²) in [7, 11) is 0. The zero-order chi connectivity index (χ0) is 28.5. The summed E-state index contributed by atoms with van der Waals surface area (Å²) in [6.07, 6.45) is 36.2. The van der Waals surface area contributed by atoms with Crippen molar-refractivity contribution in [2.45, 2.75) is 200 Å². The average molecular weight is 555 g/mol. The lowest BCUT2D eigenvalue weighted by atomic mass is 10.0. The summed E-state index contributed by atoms with van der Waals surface area (Å²) in [5.74, 6) is -0.214. The van der Waals surface area contributed by atoms with Crippen LogP contribution in [-0.2, 0) is 14.3 Å². The van der Waals surface area contributed by atoms with Gasteiger partial charge in [0.25, 0.3) is 0 Å². The van der Waals surface area contributed by atoms with E-state index in [0.29, 0.717) is 19.6 Å². The predicted molar refractivity (Wildman–Crippen MR) is 168 cm³/mol. The van der Waals surface area contributed by atoms with Crippen LogP contribution in [0.4, 0.5) is 0 Å². The standard InChI is InChI=1S/C35H70O4/c1-3-5-7-9-10-11-12-13-14-15-16-17-18-19-20-21-22-23-24-25-26-27-29-31-38-33-34(32-36)39-35(37)30-28-8-6-4-2/h34,36H,3-33H2,1-2H3. The van der Waals surface area contributed by atoms with Crippen molar-refractivity contribution in [2.75, 3.05) is 19.8 Å². The van der Waals surface area contributed by atoms with Crippen LogP contribution >= 0.6 is 0 Å². The van der Waals surface area contributed by atoms with Crippen LogP contribution in [0.1, 0.15) is 194 Å². The minimum Gasteiger partial charge on any atom is -0.457 e. The van der Waals surface area contributed by atoms with E-state index in [1.807, 2.05) is 0 Å². The van der Waals surface area contributed by atoms with Crippen molar-refractivity contribution in [3.8, 4) is 0 Å². The van der Waals surface area contributed by atoms with E-state index in [1.54, 1.807) is 0 Å². The van der Waals surface area contributed by atoms with Crippen molar-refractivity contribution >= 4 is 5.97 Å². The lowest BCUT2D eigenvalue weighted by molar-refractivity contribution is -0.154. The minimum absolute atomic E-state index is 0.167. The molecule has 0 heterocycles. The first-order chi connectivity index (χ1) is 19.2. The molecule has 0 spiro atoms. The fraction of sp³-hybridized carbons (Fsp3) is 0.971. The fourth-order valence-corrected chi connectivity index (χ4v) is 5.27. The molecule has 4 nitrogen and oxygen atoms in total. The number of aliphatic hydroxyl groups excluding tert-OH is 1. The first kappa shape index (κ1) is 38.4. The number of ether oxygens (including phenoxy) is 2. The van der Waals surface area contributed by atoms with E-state index in [0.717, 1.165) is 32.1 Å². The summed E-state index contributed by atoms with van der Waals surface area (Å²) >= 11 is 0. The molecular formula is C35H70O4. The van der Waals surface area contributed by atoms with E-state index < -0.39 is 6.10 Å².